The van der Waals surface area contributed by atoms with Gasteiger partial charge >= 0.3 is 0 Å². The number of fused-ring (bicyclic) bond motifs is 1. The highest BCUT2D eigenvalue weighted by Crippen LogP contribution is 2.30. The fraction of sp³-hybridized carbons (Fsp3) is 0.550. The number of nitrogens with zero attached hydrogens (tertiary/aromatic N) is 4. The van der Waals surface area contributed by atoms with Crippen LogP contribution in [0.4, 0.5) is 0 Å². The molecule has 144 valence electrons. The van der Waals surface area contributed by atoms with Gasteiger partial charge in [0.1, 0.15) is 23.7 Å². The smallest absolute Gasteiger partial charge is 0.229 e. The Morgan fingerprint density at radius 1 is 1.26 bits per heavy atom. The van der Waals surface area contributed by atoms with Crippen LogP contribution in [0.2, 0.25) is 0 Å². The minimum absolute atomic E-state index is 0.107. The molecule has 0 saturated carbocycles. The lowest BCUT2D eigenvalue weighted by atomic mass is 9.94. The van der Waals surface area contributed by atoms with Crippen molar-refractivity contribution >= 4 is 5.91 Å². The van der Waals surface area contributed by atoms with Crippen molar-refractivity contribution in [2.45, 2.75) is 44.8 Å². The van der Waals surface area contributed by atoms with Gasteiger partial charge in [0.2, 0.25) is 5.91 Å². The minimum atomic E-state index is -0.994. The van der Waals surface area contributed by atoms with Crippen molar-refractivity contribution in [2.24, 2.45) is 5.92 Å². The highest BCUT2D eigenvalue weighted by atomic mass is 16.5. The average Bonchev–Trinajstić information content (AvgIpc) is 3.18. The maximum atomic E-state index is 12.9. The number of benzene rings is 1. The van der Waals surface area contributed by atoms with E-state index in [4.69, 9.17) is 4.74 Å². The van der Waals surface area contributed by atoms with Crippen LogP contribution in [0.15, 0.2) is 30.5 Å². The van der Waals surface area contributed by atoms with Gasteiger partial charge in [-0.15, -0.1) is 5.10 Å². The quantitative estimate of drug-likeness (QED) is 0.893. The number of aromatic nitrogens is 3. The molecule has 0 aliphatic carbocycles. The summed E-state index contributed by atoms with van der Waals surface area (Å²) < 4.78 is 7.61. The first kappa shape index (κ1) is 18.0. The summed E-state index contributed by atoms with van der Waals surface area (Å²) in [6.45, 7) is 5.27. The van der Waals surface area contributed by atoms with Crippen LogP contribution in [-0.2, 0) is 16.8 Å². The Kier molecular flexibility index (Phi) is 4.63. The molecule has 2 aliphatic heterocycles. The number of hydrogen-bond donors (Lipinski definition) is 1. The number of ether oxygens (including phenoxy) is 1. The number of likely N-dealkylation sites (tertiary alicyclic amines) is 1. The summed E-state index contributed by atoms with van der Waals surface area (Å²) in [5, 5.41) is 18.3. The summed E-state index contributed by atoms with van der Waals surface area (Å²) in [6.07, 6.45) is 4.23. The van der Waals surface area contributed by atoms with E-state index >= 15 is 0 Å². The molecule has 7 nitrogen and oxygen atoms in total. The number of carbonyl (C=O) groups excluding carboxylic acids is 1. The lowest BCUT2D eigenvalue weighted by Gasteiger charge is -2.35. The minimum Gasteiger partial charge on any atom is -0.492 e. The van der Waals surface area contributed by atoms with E-state index in [2.05, 4.69) is 10.3 Å². The van der Waals surface area contributed by atoms with E-state index in [1.807, 2.05) is 40.0 Å². The molecule has 1 atom stereocenters. The molecular formula is C20H26N4O3. The Labute approximate surface area is 158 Å². The fourth-order valence-electron chi connectivity index (χ4n) is 3.83. The Bertz CT molecular complexity index is 819. The first-order valence-electron chi connectivity index (χ1n) is 9.56. The second kappa shape index (κ2) is 6.96. The Hall–Kier alpha value is -2.41. The highest BCUT2D eigenvalue weighted by Gasteiger charge is 2.32. The van der Waals surface area contributed by atoms with Crippen LogP contribution in [0.3, 0.4) is 0 Å². The molecule has 1 N–H and O–H groups in total. The zero-order valence-corrected chi connectivity index (χ0v) is 15.8. The maximum absolute atomic E-state index is 12.9. The molecular weight excluding hydrogens is 344 g/mol. The SMILES string of the molecule is CC(C)(O)c1cn(C2CCN(C(=O)C3COc4ccccc4C3)CC2)nn1. The van der Waals surface area contributed by atoms with Crippen molar-refractivity contribution in [3.8, 4) is 5.75 Å². The monoisotopic (exact) mass is 370 g/mol. The third-order valence-corrected chi connectivity index (χ3v) is 5.52. The standard InChI is InChI=1S/C20H26N4O3/c1-20(2,26)18-12-24(22-21-18)16-7-9-23(10-8-16)19(25)15-11-14-5-3-4-6-17(14)27-13-15/h3-6,12,15-16,26H,7-11,13H2,1-2H3. The first-order valence-corrected chi connectivity index (χ1v) is 9.56. The molecule has 3 heterocycles. The topological polar surface area (TPSA) is 80.5 Å². The van der Waals surface area contributed by atoms with E-state index in [0.29, 0.717) is 25.4 Å². The van der Waals surface area contributed by atoms with Crippen molar-refractivity contribution in [1.29, 1.82) is 0 Å². The molecule has 27 heavy (non-hydrogen) atoms. The van der Waals surface area contributed by atoms with Gasteiger partial charge in [-0.3, -0.25) is 4.79 Å². The van der Waals surface area contributed by atoms with Crippen molar-refractivity contribution in [3.05, 3.63) is 41.7 Å². The van der Waals surface area contributed by atoms with Crippen LogP contribution < -0.4 is 4.74 Å². The van der Waals surface area contributed by atoms with Crippen LogP contribution in [0.5, 0.6) is 5.75 Å². The molecule has 1 saturated heterocycles. The predicted octanol–water partition coefficient (Wildman–Crippen LogP) is 1.92. The van der Waals surface area contributed by atoms with E-state index in [1.54, 1.807) is 13.8 Å². The number of aliphatic hydroxyl groups is 1. The van der Waals surface area contributed by atoms with E-state index in [1.165, 1.54) is 0 Å². The number of hydrogen-bond acceptors (Lipinski definition) is 5. The molecule has 2 aliphatic rings. The average molecular weight is 370 g/mol. The van der Waals surface area contributed by atoms with Crippen LogP contribution in [0.1, 0.15) is 44.0 Å². The zero-order valence-electron chi connectivity index (χ0n) is 15.8. The molecule has 1 unspecified atom stereocenters. The molecule has 7 heteroatoms. The lowest BCUT2D eigenvalue weighted by molar-refractivity contribution is -0.138. The van der Waals surface area contributed by atoms with Gasteiger partial charge in [0.25, 0.3) is 0 Å². The van der Waals surface area contributed by atoms with Gasteiger partial charge in [-0.2, -0.15) is 0 Å². The summed E-state index contributed by atoms with van der Waals surface area (Å²) >= 11 is 0. The van der Waals surface area contributed by atoms with Gasteiger partial charge in [0.05, 0.1) is 18.2 Å². The van der Waals surface area contributed by atoms with E-state index in [0.717, 1.165) is 30.6 Å². The summed E-state index contributed by atoms with van der Waals surface area (Å²) in [4.78, 5) is 14.9. The van der Waals surface area contributed by atoms with Gasteiger partial charge in [0.15, 0.2) is 0 Å². The van der Waals surface area contributed by atoms with Crippen LogP contribution in [0, 0.1) is 5.92 Å². The molecule has 1 aromatic carbocycles. The summed E-state index contributed by atoms with van der Waals surface area (Å²) in [7, 11) is 0. The van der Waals surface area contributed by atoms with Gasteiger partial charge < -0.3 is 14.7 Å². The fourth-order valence-corrected chi connectivity index (χ4v) is 3.83. The van der Waals surface area contributed by atoms with Gasteiger partial charge in [0, 0.05) is 13.1 Å². The Balaban J connectivity index is 1.35. The lowest BCUT2D eigenvalue weighted by Crippen LogP contribution is -2.45. The van der Waals surface area contributed by atoms with E-state index in [9.17, 15) is 9.90 Å². The molecule has 0 bridgehead atoms. The van der Waals surface area contributed by atoms with Crippen molar-refractivity contribution in [2.75, 3.05) is 19.7 Å². The van der Waals surface area contributed by atoms with Gasteiger partial charge in [-0.1, -0.05) is 23.4 Å². The van der Waals surface area contributed by atoms with Gasteiger partial charge in [-0.05, 0) is 44.7 Å². The Morgan fingerprint density at radius 3 is 2.70 bits per heavy atom. The highest BCUT2D eigenvalue weighted by molar-refractivity contribution is 5.80. The Morgan fingerprint density at radius 2 is 2.00 bits per heavy atom. The largest absolute Gasteiger partial charge is 0.492 e. The number of amides is 1. The predicted molar refractivity (Wildman–Crippen MR) is 99.2 cm³/mol. The summed E-state index contributed by atoms with van der Waals surface area (Å²) in [6, 6.07) is 8.15. The summed E-state index contributed by atoms with van der Waals surface area (Å²) in [5.74, 6) is 0.970. The molecule has 2 aromatic rings. The molecule has 0 spiro atoms. The van der Waals surface area contributed by atoms with E-state index < -0.39 is 5.60 Å². The molecule has 1 amide bonds. The first-order chi connectivity index (χ1) is 12.9. The third kappa shape index (κ3) is 3.69. The van der Waals surface area contributed by atoms with Gasteiger partial charge in [-0.25, -0.2) is 4.68 Å². The second-order valence-corrected chi connectivity index (χ2v) is 8.02. The van der Waals surface area contributed by atoms with Crippen molar-refractivity contribution < 1.29 is 14.6 Å². The number of rotatable bonds is 3. The second-order valence-electron chi connectivity index (χ2n) is 8.02. The number of para-hydroxylation sites is 1. The molecule has 1 aromatic heterocycles. The normalized spacial score (nSPS) is 20.9. The number of carbonyl (C=O) groups is 1. The van der Waals surface area contributed by atoms with Crippen LogP contribution in [-0.4, -0.2) is 50.6 Å². The van der Waals surface area contributed by atoms with E-state index in [-0.39, 0.29) is 17.9 Å². The molecule has 4 rings (SSSR count). The van der Waals surface area contributed by atoms with Crippen LogP contribution >= 0.6 is 0 Å². The number of piperidine rings is 1. The maximum Gasteiger partial charge on any atom is 0.229 e. The van der Waals surface area contributed by atoms with Crippen LogP contribution in [0.25, 0.3) is 0 Å². The molecule has 0 radical (unpaired) electrons. The van der Waals surface area contributed by atoms with Crippen molar-refractivity contribution in [1.82, 2.24) is 19.9 Å². The third-order valence-electron chi connectivity index (χ3n) is 5.52. The zero-order chi connectivity index (χ0) is 19.0. The van der Waals surface area contributed by atoms with Crippen molar-refractivity contribution in [3.63, 3.8) is 0 Å². The summed E-state index contributed by atoms with van der Waals surface area (Å²) in [5.41, 5.74) is 0.685. The molecule has 1 fully saturated rings.